The average Bonchev–Trinajstić information content (AvgIpc) is 1.83. The predicted molar refractivity (Wildman–Crippen MR) is 27.3 cm³/mol. The van der Waals surface area contributed by atoms with E-state index in [4.69, 9.17) is 0 Å². The molecule has 46 valence electrons. The standard InChI is InChI=1S/C5H8O3/c1-2-3-8-5(7)4-6/h4H,2-3H2,1H3. The molecule has 0 bridgehead atoms. The van der Waals surface area contributed by atoms with Gasteiger partial charge < -0.3 is 4.74 Å². The molecule has 0 saturated carbocycles. The van der Waals surface area contributed by atoms with E-state index in [0.717, 1.165) is 6.42 Å². The van der Waals surface area contributed by atoms with Crippen LogP contribution in [0.25, 0.3) is 0 Å². The summed E-state index contributed by atoms with van der Waals surface area (Å²) in [7, 11) is 0. The quantitative estimate of drug-likeness (QED) is 0.299. The van der Waals surface area contributed by atoms with Crippen LogP contribution < -0.4 is 0 Å². The third-order valence-corrected chi connectivity index (χ3v) is 0.545. The minimum atomic E-state index is -0.785. The van der Waals surface area contributed by atoms with Crippen LogP contribution in [0, 0.1) is 0 Å². The monoisotopic (exact) mass is 116 g/mol. The highest BCUT2D eigenvalue weighted by molar-refractivity contribution is 6.20. The molecular weight excluding hydrogens is 108 g/mol. The van der Waals surface area contributed by atoms with Crippen molar-refractivity contribution in [3.8, 4) is 0 Å². The molecule has 0 aromatic heterocycles. The van der Waals surface area contributed by atoms with Crippen molar-refractivity contribution < 1.29 is 14.3 Å². The number of aldehydes is 1. The fourth-order valence-corrected chi connectivity index (χ4v) is 0.237. The van der Waals surface area contributed by atoms with Gasteiger partial charge >= 0.3 is 5.97 Å². The van der Waals surface area contributed by atoms with Gasteiger partial charge in [-0.15, -0.1) is 0 Å². The Hall–Kier alpha value is -0.860. The zero-order valence-electron chi connectivity index (χ0n) is 4.72. The number of rotatable bonds is 3. The van der Waals surface area contributed by atoms with Crippen LogP contribution in [0.3, 0.4) is 0 Å². The van der Waals surface area contributed by atoms with Crippen molar-refractivity contribution in [3.63, 3.8) is 0 Å². The van der Waals surface area contributed by atoms with Gasteiger partial charge in [0.25, 0.3) is 0 Å². The first-order chi connectivity index (χ1) is 3.81. The molecule has 0 saturated heterocycles. The smallest absolute Gasteiger partial charge is 0.371 e. The van der Waals surface area contributed by atoms with E-state index in [1.807, 2.05) is 6.92 Å². The van der Waals surface area contributed by atoms with E-state index in [1.165, 1.54) is 0 Å². The lowest BCUT2D eigenvalue weighted by atomic mass is 10.5. The average molecular weight is 116 g/mol. The number of carbonyl (C=O) groups is 2. The minimum absolute atomic E-state index is 0.162. The van der Waals surface area contributed by atoms with Crippen molar-refractivity contribution in [2.75, 3.05) is 6.61 Å². The third-order valence-electron chi connectivity index (χ3n) is 0.545. The van der Waals surface area contributed by atoms with E-state index in [2.05, 4.69) is 4.74 Å². The first-order valence-corrected chi connectivity index (χ1v) is 2.43. The summed E-state index contributed by atoms with van der Waals surface area (Å²) in [6.45, 7) is 2.19. The highest BCUT2D eigenvalue weighted by Crippen LogP contribution is 1.77. The Labute approximate surface area is 47.6 Å². The molecule has 0 rings (SSSR count). The number of hydrogen-bond acceptors (Lipinski definition) is 3. The Morgan fingerprint density at radius 2 is 2.38 bits per heavy atom. The van der Waals surface area contributed by atoms with E-state index < -0.39 is 5.97 Å². The number of hydrogen-bond donors (Lipinski definition) is 0. The molecule has 3 nitrogen and oxygen atoms in total. The lowest BCUT2D eigenvalue weighted by Crippen LogP contribution is -2.05. The highest BCUT2D eigenvalue weighted by Gasteiger charge is 1.94. The van der Waals surface area contributed by atoms with Gasteiger partial charge in [0.2, 0.25) is 6.29 Å². The third kappa shape index (κ3) is 3.33. The second kappa shape index (κ2) is 4.30. The van der Waals surface area contributed by atoms with Crippen LogP contribution in [0.5, 0.6) is 0 Å². The summed E-state index contributed by atoms with van der Waals surface area (Å²) in [5.41, 5.74) is 0. The Morgan fingerprint density at radius 1 is 1.75 bits per heavy atom. The Bertz CT molecular complexity index is 87.7. The van der Waals surface area contributed by atoms with E-state index in [9.17, 15) is 9.59 Å². The van der Waals surface area contributed by atoms with Crippen LogP contribution in [0.15, 0.2) is 0 Å². The molecule has 3 heteroatoms. The van der Waals surface area contributed by atoms with E-state index in [0.29, 0.717) is 6.61 Å². The van der Waals surface area contributed by atoms with Crippen molar-refractivity contribution in [1.29, 1.82) is 0 Å². The van der Waals surface area contributed by atoms with E-state index in [-0.39, 0.29) is 6.29 Å². The van der Waals surface area contributed by atoms with Crippen LogP contribution in [-0.2, 0) is 14.3 Å². The molecule has 0 heterocycles. The second-order valence-corrected chi connectivity index (χ2v) is 1.29. The Balaban J connectivity index is 3.11. The topological polar surface area (TPSA) is 43.4 Å². The maximum Gasteiger partial charge on any atom is 0.371 e. The summed E-state index contributed by atoms with van der Waals surface area (Å²) in [5.74, 6) is -0.785. The second-order valence-electron chi connectivity index (χ2n) is 1.29. The van der Waals surface area contributed by atoms with Gasteiger partial charge in [-0.1, -0.05) is 6.92 Å². The molecule has 0 aliphatic rings. The minimum Gasteiger partial charge on any atom is -0.460 e. The van der Waals surface area contributed by atoms with Crippen LogP contribution in [0.2, 0.25) is 0 Å². The summed E-state index contributed by atoms with van der Waals surface area (Å²) in [6, 6.07) is 0. The summed E-state index contributed by atoms with van der Waals surface area (Å²) < 4.78 is 4.33. The summed E-state index contributed by atoms with van der Waals surface area (Å²) in [4.78, 5) is 19.5. The molecule has 0 aromatic rings. The Morgan fingerprint density at radius 3 is 2.75 bits per heavy atom. The van der Waals surface area contributed by atoms with Gasteiger partial charge in [0.1, 0.15) is 0 Å². The normalized spacial score (nSPS) is 8.12. The lowest BCUT2D eigenvalue weighted by molar-refractivity contribution is -0.148. The predicted octanol–water partition coefficient (Wildman–Crippen LogP) is 0.139. The van der Waals surface area contributed by atoms with Gasteiger partial charge in [-0.2, -0.15) is 0 Å². The fraction of sp³-hybridized carbons (Fsp3) is 0.600. The zero-order valence-corrected chi connectivity index (χ0v) is 4.72. The molecule has 0 spiro atoms. The molecule has 0 fully saturated rings. The maximum atomic E-state index is 9.98. The summed E-state index contributed by atoms with van der Waals surface area (Å²) in [6.07, 6.45) is 0.912. The van der Waals surface area contributed by atoms with Gasteiger partial charge in [0, 0.05) is 0 Å². The van der Waals surface area contributed by atoms with Crippen molar-refractivity contribution >= 4 is 12.3 Å². The van der Waals surface area contributed by atoms with Crippen molar-refractivity contribution in [3.05, 3.63) is 0 Å². The lowest BCUT2D eigenvalue weighted by Gasteiger charge is -1.92. The molecule has 0 aliphatic heterocycles. The maximum absolute atomic E-state index is 9.98. The molecule has 0 radical (unpaired) electrons. The van der Waals surface area contributed by atoms with Gasteiger partial charge in [-0.05, 0) is 6.42 Å². The van der Waals surface area contributed by atoms with Gasteiger partial charge in [-0.25, -0.2) is 4.79 Å². The molecular formula is C5H8O3. The van der Waals surface area contributed by atoms with Crippen molar-refractivity contribution in [2.24, 2.45) is 0 Å². The number of carbonyl (C=O) groups excluding carboxylic acids is 2. The molecule has 8 heavy (non-hydrogen) atoms. The molecule has 0 N–H and O–H groups in total. The van der Waals surface area contributed by atoms with E-state index >= 15 is 0 Å². The highest BCUT2D eigenvalue weighted by atomic mass is 16.5. The Kier molecular flexibility index (Phi) is 3.84. The summed E-state index contributed by atoms with van der Waals surface area (Å²) in [5, 5.41) is 0. The van der Waals surface area contributed by atoms with Gasteiger partial charge in [0.15, 0.2) is 0 Å². The molecule has 0 unspecified atom stereocenters. The number of esters is 1. The number of ether oxygens (including phenoxy) is 1. The fourth-order valence-electron chi connectivity index (χ4n) is 0.237. The zero-order chi connectivity index (χ0) is 6.41. The molecule has 0 aromatic carbocycles. The molecule has 0 amide bonds. The molecule has 0 aliphatic carbocycles. The van der Waals surface area contributed by atoms with E-state index in [1.54, 1.807) is 0 Å². The SMILES string of the molecule is CCCOC(=O)C=O. The van der Waals surface area contributed by atoms with Crippen LogP contribution in [0.4, 0.5) is 0 Å². The largest absolute Gasteiger partial charge is 0.460 e. The van der Waals surface area contributed by atoms with Gasteiger partial charge in [-0.3, -0.25) is 4.79 Å². The first-order valence-electron chi connectivity index (χ1n) is 2.43. The van der Waals surface area contributed by atoms with Crippen LogP contribution >= 0.6 is 0 Å². The first kappa shape index (κ1) is 7.14. The van der Waals surface area contributed by atoms with Crippen molar-refractivity contribution in [2.45, 2.75) is 13.3 Å². The summed E-state index contributed by atoms with van der Waals surface area (Å²) >= 11 is 0. The van der Waals surface area contributed by atoms with Gasteiger partial charge in [0.05, 0.1) is 6.61 Å². The van der Waals surface area contributed by atoms with Crippen LogP contribution in [0.1, 0.15) is 13.3 Å². The molecule has 0 atom stereocenters. The van der Waals surface area contributed by atoms with Crippen LogP contribution in [-0.4, -0.2) is 18.9 Å². The van der Waals surface area contributed by atoms with Crippen molar-refractivity contribution in [1.82, 2.24) is 0 Å².